The lowest BCUT2D eigenvalue weighted by Gasteiger charge is -2.20. The number of benzene rings is 2. The molecule has 0 saturated carbocycles. The second-order valence-corrected chi connectivity index (χ2v) is 5.36. The van der Waals surface area contributed by atoms with Gasteiger partial charge in [-0.1, -0.05) is 29.8 Å². The van der Waals surface area contributed by atoms with Gasteiger partial charge in [0.25, 0.3) is 5.91 Å². The van der Waals surface area contributed by atoms with E-state index in [1.807, 2.05) is 50.2 Å². The molecule has 0 aliphatic heterocycles. The molecule has 0 spiro atoms. The maximum atomic E-state index is 12.7. The normalized spacial score (nSPS) is 10.7. The highest BCUT2D eigenvalue weighted by Crippen LogP contribution is 2.19. The minimum absolute atomic E-state index is 0.0528. The van der Waals surface area contributed by atoms with Crippen LogP contribution in [0.2, 0.25) is 0 Å². The Morgan fingerprint density at radius 3 is 2.52 bits per heavy atom. The molecule has 0 radical (unpaired) electrons. The van der Waals surface area contributed by atoms with Crippen molar-refractivity contribution in [3.8, 4) is 0 Å². The lowest BCUT2D eigenvalue weighted by molar-refractivity contribution is 0.0962. The van der Waals surface area contributed by atoms with E-state index in [1.54, 1.807) is 17.0 Å². The van der Waals surface area contributed by atoms with Gasteiger partial charge < -0.3 is 9.32 Å². The predicted molar refractivity (Wildman–Crippen MR) is 91.0 cm³/mol. The largest absolute Gasteiger partial charge is 0.451 e. The zero-order chi connectivity index (χ0) is 16.4. The molecule has 3 aromatic rings. The van der Waals surface area contributed by atoms with Gasteiger partial charge in [-0.3, -0.25) is 9.59 Å². The van der Waals surface area contributed by atoms with E-state index < -0.39 is 0 Å². The van der Waals surface area contributed by atoms with Crippen molar-refractivity contribution in [1.82, 2.24) is 0 Å². The number of amides is 1. The third-order valence-corrected chi connectivity index (χ3v) is 3.72. The number of rotatable bonds is 3. The molecule has 2 aromatic carbocycles. The summed E-state index contributed by atoms with van der Waals surface area (Å²) in [5.74, 6) is -0.268. The number of carbonyl (C=O) groups is 1. The summed E-state index contributed by atoms with van der Waals surface area (Å²) < 4.78 is 5.67. The van der Waals surface area contributed by atoms with Crippen molar-refractivity contribution in [2.45, 2.75) is 13.8 Å². The maximum absolute atomic E-state index is 12.7. The first-order chi connectivity index (χ1) is 11.1. The summed E-state index contributed by atoms with van der Waals surface area (Å²) in [5, 5.41) is 0.490. The quantitative estimate of drug-likeness (QED) is 0.740. The fraction of sp³-hybridized carbons (Fsp3) is 0.158. The van der Waals surface area contributed by atoms with Crippen LogP contribution in [0.15, 0.2) is 63.8 Å². The van der Waals surface area contributed by atoms with E-state index in [9.17, 15) is 9.59 Å². The Morgan fingerprint density at radius 2 is 1.83 bits per heavy atom. The summed E-state index contributed by atoms with van der Waals surface area (Å²) in [6, 6.07) is 15.9. The highest BCUT2D eigenvalue weighted by molar-refractivity contribution is 6.04. The van der Waals surface area contributed by atoms with Gasteiger partial charge in [0, 0.05) is 18.3 Å². The predicted octanol–water partition coefficient (Wildman–Crippen LogP) is 3.77. The minimum atomic E-state index is -0.321. The van der Waals surface area contributed by atoms with Gasteiger partial charge in [-0.05, 0) is 38.1 Å². The summed E-state index contributed by atoms with van der Waals surface area (Å²) in [6.45, 7) is 4.28. The van der Waals surface area contributed by atoms with Crippen LogP contribution < -0.4 is 10.3 Å². The molecule has 0 aliphatic rings. The molecule has 23 heavy (non-hydrogen) atoms. The monoisotopic (exact) mass is 307 g/mol. The van der Waals surface area contributed by atoms with Crippen molar-refractivity contribution in [3.05, 3.63) is 76.1 Å². The molecule has 1 heterocycles. The van der Waals surface area contributed by atoms with E-state index in [0.717, 1.165) is 11.3 Å². The van der Waals surface area contributed by atoms with E-state index >= 15 is 0 Å². The fourth-order valence-corrected chi connectivity index (χ4v) is 2.56. The Balaban J connectivity index is 2.07. The minimum Gasteiger partial charge on any atom is -0.451 e. The molecule has 0 atom stereocenters. The van der Waals surface area contributed by atoms with Crippen molar-refractivity contribution in [1.29, 1.82) is 0 Å². The number of aryl methyl sites for hydroxylation is 1. The van der Waals surface area contributed by atoms with E-state index in [-0.39, 0.29) is 17.1 Å². The van der Waals surface area contributed by atoms with Gasteiger partial charge >= 0.3 is 0 Å². The van der Waals surface area contributed by atoms with Crippen LogP contribution in [0.1, 0.15) is 23.0 Å². The molecule has 4 nitrogen and oxygen atoms in total. The zero-order valence-electron chi connectivity index (χ0n) is 13.1. The third kappa shape index (κ3) is 2.88. The summed E-state index contributed by atoms with van der Waals surface area (Å²) >= 11 is 0. The van der Waals surface area contributed by atoms with Crippen LogP contribution in [-0.4, -0.2) is 12.5 Å². The van der Waals surface area contributed by atoms with E-state index in [1.165, 1.54) is 6.07 Å². The first-order valence-electron chi connectivity index (χ1n) is 7.51. The smallest absolute Gasteiger partial charge is 0.294 e. The van der Waals surface area contributed by atoms with Gasteiger partial charge in [-0.2, -0.15) is 0 Å². The SMILES string of the molecule is CCN(C(=O)c1cc(=O)c2cc(C)ccc2o1)c1ccccc1. The van der Waals surface area contributed by atoms with Crippen LogP contribution in [0.25, 0.3) is 11.0 Å². The van der Waals surface area contributed by atoms with Gasteiger partial charge in [-0.25, -0.2) is 0 Å². The number of anilines is 1. The molecule has 0 saturated heterocycles. The van der Waals surface area contributed by atoms with Crippen molar-refractivity contribution < 1.29 is 9.21 Å². The highest BCUT2D eigenvalue weighted by atomic mass is 16.3. The van der Waals surface area contributed by atoms with Crippen LogP contribution >= 0.6 is 0 Å². The molecule has 0 fully saturated rings. The zero-order valence-corrected chi connectivity index (χ0v) is 13.1. The Morgan fingerprint density at radius 1 is 1.09 bits per heavy atom. The molecule has 4 heteroatoms. The molecule has 1 amide bonds. The molecule has 116 valence electrons. The third-order valence-electron chi connectivity index (χ3n) is 3.72. The van der Waals surface area contributed by atoms with Crippen LogP contribution in [-0.2, 0) is 0 Å². The number of hydrogen-bond donors (Lipinski definition) is 0. The van der Waals surface area contributed by atoms with Gasteiger partial charge in [-0.15, -0.1) is 0 Å². The average Bonchev–Trinajstić information content (AvgIpc) is 2.57. The highest BCUT2D eigenvalue weighted by Gasteiger charge is 2.19. The Hall–Kier alpha value is -2.88. The molecule has 0 aliphatic carbocycles. The molecular formula is C19H17NO3. The second-order valence-electron chi connectivity index (χ2n) is 5.36. The van der Waals surface area contributed by atoms with Crippen LogP contribution in [0.3, 0.4) is 0 Å². The van der Waals surface area contributed by atoms with E-state index in [0.29, 0.717) is 17.5 Å². The molecule has 0 unspecified atom stereocenters. The molecule has 3 rings (SSSR count). The average molecular weight is 307 g/mol. The molecule has 0 N–H and O–H groups in total. The Kier molecular flexibility index (Phi) is 3.98. The topological polar surface area (TPSA) is 50.5 Å². The number of para-hydroxylation sites is 1. The fourth-order valence-electron chi connectivity index (χ4n) is 2.56. The van der Waals surface area contributed by atoms with Crippen molar-refractivity contribution in [2.75, 3.05) is 11.4 Å². The second kappa shape index (κ2) is 6.08. The molecular weight excluding hydrogens is 290 g/mol. The summed E-state index contributed by atoms with van der Waals surface area (Å²) in [5.41, 5.74) is 1.97. The van der Waals surface area contributed by atoms with Crippen molar-refractivity contribution in [3.63, 3.8) is 0 Å². The van der Waals surface area contributed by atoms with Crippen LogP contribution in [0, 0.1) is 6.92 Å². The van der Waals surface area contributed by atoms with Gasteiger partial charge in [0.1, 0.15) is 5.58 Å². The van der Waals surface area contributed by atoms with Crippen molar-refractivity contribution >= 4 is 22.6 Å². The first kappa shape index (κ1) is 15.0. The molecule has 0 bridgehead atoms. The van der Waals surface area contributed by atoms with E-state index in [2.05, 4.69) is 0 Å². The first-order valence-corrected chi connectivity index (χ1v) is 7.51. The maximum Gasteiger partial charge on any atom is 0.294 e. The number of fused-ring (bicyclic) bond motifs is 1. The summed E-state index contributed by atoms with van der Waals surface area (Å²) in [4.78, 5) is 26.6. The van der Waals surface area contributed by atoms with Crippen LogP contribution in [0.5, 0.6) is 0 Å². The number of carbonyl (C=O) groups excluding carboxylic acids is 1. The number of hydrogen-bond acceptors (Lipinski definition) is 3. The molecule has 1 aromatic heterocycles. The lowest BCUT2D eigenvalue weighted by Crippen LogP contribution is -2.31. The van der Waals surface area contributed by atoms with Crippen LogP contribution in [0.4, 0.5) is 5.69 Å². The van der Waals surface area contributed by atoms with E-state index in [4.69, 9.17) is 4.42 Å². The summed E-state index contributed by atoms with van der Waals surface area (Å²) in [6.07, 6.45) is 0. The Labute approximate surface area is 134 Å². The van der Waals surface area contributed by atoms with Gasteiger partial charge in [0.15, 0.2) is 11.2 Å². The summed E-state index contributed by atoms with van der Waals surface area (Å²) in [7, 11) is 0. The van der Waals surface area contributed by atoms with Gasteiger partial charge in [0.2, 0.25) is 0 Å². The standard InChI is InChI=1S/C19H17NO3/c1-3-20(14-7-5-4-6-8-14)19(22)18-12-16(21)15-11-13(2)9-10-17(15)23-18/h4-12H,3H2,1-2H3. The lowest BCUT2D eigenvalue weighted by atomic mass is 10.1. The Bertz CT molecular complexity index is 913. The van der Waals surface area contributed by atoms with Gasteiger partial charge in [0.05, 0.1) is 5.39 Å². The number of nitrogens with zero attached hydrogens (tertiary/aromatic N) is 1. The van der Waals surface area contributed by atoms with Crippen molar-refractivity contribution in [2.24, 2.45) is 0 Å².